The molecule has 0 bridgehead atoms. The highest BCUT2D eigenvalue weighted by molar-refractivity contribution is 5.85. The number of amides is 1. The number of nitrogens with zero attached hydrogens (tertiary/aromatic N) is 2. The summed E-state index contributed by atoms with van der Waals surface area (Å²) in [4.78, 5) is 17.7. The summed E-state index contributed by atoms with van der Waals surface area (Å²) in [5.74, 6) is -0.179. The maximum absolute atomic E-state index is 13.4. The molecule has 196 valence electrons. The average Bonchev–Trinajstić information content (AvgIpc) is 3.30. The SMILES string of the molecule is COc1ccccc1C(C(=O)NNc1cc(C(F)(F)F)cc(C(F)(F)F)c1)N1CCN2CCC[C@@H]2C1. The molecule has 2 aliphatic rings. The van der Waals surface area contributed by atoms with E-state index < -0.39 is 41.1 Å². The molecule has 2 heterocycles. The van der Waals surface area contributed by atoms with Gasteiger partial charge in [-0.2, -0.15) is 26.3 Å². The fourth-order valence-electron chi connectivity index (χ4n) is 4.87. The van der Waals surface area contributed by atoms with Crippen molar-refractivity contribution in [1.29, 1.82) is 0 Å². The van der Waals surface area contributed by atoms with Gasteiger partial charge >= 0.3 is 12.4 Å². The fraction of sp³-hybridized carbons (Fsp3) is 0.458. The zero-order valence-corrected chi connectivity index (χ0v) is 19.4. The Labute approximate surface area is 204 Å². The lowest BCUT2D eigenvalue weighted by atomic mass is 10.0. The molecule has 2 N–H and O–H groups in total. The number of para-hydroxylation sites is 1. The molecule has 0 aliphatic carbocycles. The molecule has 12 heteroatoms. The Morgan fingerprint density at radius 3 is 2.31 bits per heavy atom. The molecule has 0 aromatic heterocycles. The van der Waals surface area contributed by atoms with Crippen LogP contribution in [0, 0.1) is 0 Å². The Bertz CT molecular complexity index is 1060. The van der Waals surface area contributed by atoms with E-state index in [1.54, 1.807) is 24.3 Å². The number of hydrogen-bond donors (Lipinski definition) is 2. The van der Waals surface area contributed by atoms with Crippen molar-refractivity contribution in [2.24, 2.45) is 0 Å². The number of halogens is 6. The Balaban J connectivity index is 1.60. The number of carbonyl (C=O) groups is 1. The lowest BCUT2D eigenvalue weighted by Crippen LogP contribution is -2.54. The van der Waals surface area contributed by atoms with Crippen molar-refractivity contribution in [3.8, 4) is 5.75 Å². The molecule has 2 saturated heterocycles. The first-order valence-corrected chi connectivity index (χ1v) is 11.4. The van der Waals surface area contributed by atoms with Crippen molar-refractivity contribution in [3.63, 3.8) is 0 Å². The number of piperazine rings is 1. The van der Waals surface area contributed by atoms with Gasteiger partial charge in [0, 0.05) is 31.2 Å². The zero-order valence-electron chi connectivity index (χ0n) is 19.4. The predicted molar refractivity (Wildman–Crippen MR) is 120 cm³/mol. The second-order valence-corrected chi connectivity index (χ2v) is 8.88. The molecular formula is C24H26F6N4O2. The van der Waals surface area contributed by atoms with Gasteiger partial charge in [-0.25, -0.2) is 0 Å². The van der Waals surface area contributed by atoms with Crippen LogP contribution in [0.4, 0.5) is 32.0 Å². The van der Waals surface area contributed by atoms with Crippen molar-refractivity contribution >= 4 is 11.6 Å². The van der Waals surface area contributed by atoms with E-state index in [9.17, 15) is 31.1 Å². The van der Waals surface area contributed by atoms with Crippen LogP contribution in [0.5, 0.6) is 5.75 Å². The van der Waals surface area contributed by atoms with E-state index in [1.807, 2.05) is 4.90 Å². The monoisotopic (exact) mass is 516 g/mol. The molecule has 2 fully saturated rings. The number of benzene rings is 2. The third-order valence-electron chi connectivity index (χ3n) is 6.58. The first-order valence-electron chi connectivity index (χ1n) is 11.4. The van der Waals surface area contributed by atoms with E-state index in [0.29, 0.717) is 36.5 Å². The van der Waals surface area contributed by atoms with Gasteiger partial charge in [-0.15, -0.1) is 0 Å². The number of hydrazine groups is 1. The molecule has 0 saturated carbocycles. The topological polar surface area (TPSA) is 56.8 Å². The third-order valence-corrected chi connectivity index (χ3v) is 6.58. The number of methoxy groups -OCH3 is 1. The van der Waals surface area contributed by atoms with Crippen molar-refractivity contribution in [1.82, 2.24) is 15.2 Å². The van der Waals surface area contributed by atoms with Gasteiger partial charge in [-0.1, -0.05) is 18.2 Å². The van der Waals surface area contributed by atoms with Crippen LogP contribution >= 0.6 is 0 Å². The number of nitrogens with one attached hydrogen (secondary N) is 2. The van der Waals surface area contributed by atoms with Crippen LogP contribution in [0.15, 0.2) is 42.5 Å². The summed E-state index contributed by atoms with van der Waals surface area (Å²) in [6.45, 7) is 2.90. The number of alkyl halides is 6. The van der Waals surface area contributed by atoms with E-state index in [1.165, 1.54) is 7.11 Å². The highest BCUT2D eigenvalue weighted by Crippen LogP contribution is 2.38. The maximum Gasteiger partial charge on any atom is 0.416 e. The second-order valence-electron chi connectivity index (χ2n) is 8.88. The van der Waals surface area contributed by atoms with Gasteiger partial charge in [-0.3, -0.25) is 25.4 Å². The molecule has 6 nitrogen and oxygen atoms in total. The molecule has 36 heavy (non-hydrogen) atoms. The number of fused-ring (bicyclic) bond motifs is 1. The Hall–Kier alpha value is -2.99. The van der Waals surface area contributed by atoms with Gasteiger partial charge in [0.15, 0.2) is 0 Å². The molecule has 4 rings (SSSR count). The van der Waals surface area contributed by atoms with Gasteiger partial charge in [0.1, 0.15) is 11.8 Å². The summed E-state index contributed by atoms with van der Waals surface area (Å²) in [6, 6.07) is 7.36. The minimum absolute atomic E-state index is 0.0335. The summed E-state index contributed by atoms with van der Waals surface area (Å²) in [5, 5.41) is 0. The summed E-state index contributed by atoms with van der Waals surface area (Å²) in [6.07, 6.45) is -7.95. The predicted octanol–water partition coefficient (Wildman–Crippen LogP) is 4.70. The summed E-state index contributed by atoms with van der Waals surface area (Å²) in [5.41, 5.74) is 1.65. The van der Waals surface area contributed by atoms with Gasteiger partial charge in [-0.05, 0) is 43.7 Å². The van der Waals surface area contributed by atoms with Crippen LogP contribution in [-0.2, 0) is 17.1 Å². The van der Waals surface area contributed by atoms with E-state index in [-0.39, 0.29) is 12.1 Å². The zero-order chi connectivity index (χ0) is 26.1. The van der Waals surface area contributed by atoms with Crippen LogP contribution in [0.2, 0.25) is 0 Å². The number of carbonyl (C=O) groups excluding carboxylic acids is 1. The largest absolute Gasteiger partial charge is 0.496 e. The van der Waals surface area contributed by atoms with Crippen LogP contribution in [0.3, 0.4) is 0 Å². The van der Waals surface area contributed by atoms with E-state index >= 15 is 0 Å². The van der Waals surface area contributed by atoms with Crippen LogP contribution in [-0.4, -0.2) is 55.0 Å². The van der Waals surface area contributed by atoms with Gasteiger partial charge in [0.25, 0.3) is 5.91 Å². The molecule has 1 unspecified atom stereocenters. The number of ether oxygens (including phenoxy) is 1. The molecule has 2 aromatic rings. The van der Waals surface area contributed by atoms with Crippen LogP contribution in [0.25, 0.3) is 0 Å². The summed E-state index contributed by atoms with van der Waals surface area (Å²) < 4.78 is 84.7. The lowest BCUT2D eigenvalue weighted by molar-refractivity contribution is -0.143. The molecule has 0 spiro atoms. The fourth-order valence-corrected chi connectivity index (χ4v) is 4.87. The quantitative estimate of drug-likeness (QED) is 0.431. The molecule has 2 aromatic carbocycles. The standard InChI is InChI=1S/C24H26F6N4O2/c1-36-20-7-3-2-6-19(20)21(34-10-9-33-8-4-5-18(33)14-34)22(35)32-31-17-12-15(23(25,26)27)11-16(13-17)24(28,29)30/h2-3,6-7,11-13,18,21,31H,4-5,8-10,14H2,1H3,(H,32,35)/t18-,21?/m1/s1. The van der Waals surface area contributed by atoms with E-state index in [2.05, 4.69) is 15.8 Å². The van der Waals surface area contributed by atoms with E-state index in [0.717, 1.165) is 25.9 Å². The number of rotatable bonds is 6. The highest BCUT2D eigenvalue weighted by Gasteiger charge is 2.39. The minimum atomic E-state index is -5.00. The molecule has 2 atom stereocenters. The normalized spacial score (nSPS) is 20.0. The maximum atomic E-state index is 13.4. The Morgan fingerprint density at radius 1 is 1.00 bits per heavy atom. The lowest BCUT2D eigenvalue weighted by Gasteiger charge is -2.41. The summed E-state index contributed by atoms with van der Waals surface area (Å²) >= 11 is 0. The molecule has 1 amide bonds. The van der Waals surface area contributed by atoms with Crippen LogP contribution in [0.1, 0.15) is 35.6 Å². The highest BCUT2D eigenvalue weighted by atomic mass is 19.4. The summed E-state index contributed by atoms with van der Waals surface area (Å²) in [7, 11) is 1.46. The van der Waals surface area contributed by atoms with E-state index in [4.69, 9.17) is 4.74 Å². The van der Waals surface area contributed by atoms with Gasteiger partial charge in [0.2, 0.25) is 0 Å². The van der Waals surface area contributed by atoms with Gasteiger partial charge in [0.05, 0.1) is 23.9 Å². The first-order chi connectivity index (χ1) is 17.0. The molecular weight excluding hydrogens is 490 g/mol. The van der Waals surface area contributed by atoms with Crippen LogP contribution < -0.4 is 15.6 Å². The number of anilines is 1. The molecule has 2 aliphatic heterocycles. The Kier molecular flexibility index (Phi) is 7.37. The smallest absolute Gasteiger partial charge is 0.416 e. The van der Waals surface area contributed by atoms with Gasteiger partial charge < -0.3 is 4.74 Å². The molecule has 0 radical (unpaired) electrons. The minimum Gasteiger partial charge on any atom is -0.496 e. The van der Waals surface area contributed by atoms with Crippen molar-refractivity contribution in [3.05, 3.63) is 59.2 Å². The average molecular weight is 516 g/mol. The third kappa shape index (κ3) is 5.70. The Morgan fingerprint density at radius 2 is 1.67 bits per heavy atom. The van der Waals surface area contributed by atoms with Crippen molar-refractivity contribution < 1.29 is 35.9 Å². The second kappa shape index (κ2) is 10.2. The number of hydrogen-bond acceptors (Lipinski definition) is 5. The van der Waals surface area contributed by atoms with Crippen molar-refractivity contribution in [2.45, 2.75) is 37.3 Å². The van der Waals surface area contributed by atoms with Crippen molar-refractivity contribution in [2.75, 3.05) is 38.7 Å². The first kappa shape index (κ1) is 26.1.